The first-order valence-corrected chi connectivity index (χ1v) is 5.95. The highest BCUT2D eigenvalue weighted by molar-refractivity contribution is 5.93. The molecule has 2 amide bonds. The summed E-state index contributed by atoms with van der Waals surface area (Å²) in [4.78, 5) is 23.2. The highest BCUT2D eigenvalue weighted by atomic mass is 16.5. The van der Waals surface area contributed by atoms with Gasteiger partial charge in [-0.25, -0.2) is 0 Å². The molecule has 2 aromatic heterocycles. The lowest BCUT2D eigenvalue weighted by Crippen LogP contribution is -2.35. The van der Waals surface area contributed by atoms with Crippen LogP contribution in [0.25, 0.3) is 0 Å². The Hall–Kier alpha value is -2.83. The fourth-order valence-electron chi connectivity index (χ4n) is 1.54. The van der Waals surface area contributed by atoms with Crippen molar-refractivity contribution in [2.24, 2.45) is 0 Å². The van der Waals surface area contributed by atoms with Crippen molar-refractivity contribution in [1.82, 2.24) is 10.6 Å². The maximum absolute atomic E-state index is 11.7. The Kier molecular flexibility index (Phi) is 4.33. The number of nitrogens with zero attached hydrogens (tertiary/aromatic N) is 1. The lowest BCUT2D eigenvalue weighted by atomic mass is 10.3. The summed E-state index contributed by atoms with van der Waals surface area (Å²) >= 11 is 0. The molecule has 2 N–H and O–H groups in total. The van der Waals surface area contributed by atoms with Gasteiger partial charge in [0.2, 0.25) is 0 Å². The number of hydrogen-bond donors (Lipinski definition) is 2. The van der Waals surface area contributed by atoms with E-state index in [2.05, 4.69) is 10.6 Å². The van der Waals surface area contributed by atoms with Gasteiger partial charge in [0.05, 0.1) is 6.26 Å². The van der Waals surface area contributed by atoms with Crippen LogP contribution in [-0.4, -0.2) is 24.9 Å². The molecule has 2 aromatic rings. The van der Waals surface area contributed by atoms with Gasteiger partial charge < -0.3 is 20.3 Å². The Morgan fingerprint density at radius 3 is 2.55 bits per heavy atom. The molecule has 0 aliphatic rings. The first-order valence-electron chi connectivity index (χ1n) is 5.95. The topological polar surface area (TPSA) is 98.3 Å². The van der Waals surface area contributed by atoms with E-state index in [9.17, 15) is 14.8 Å². The number of furan rings is 1. The highest BCUT2D eigenvalue weighted by Gasteiger charge is 2.09. The van der Waals surface area contributed by atoms with Gasteiger partial charge in [-0.15, -0.1) is 0 Å². The number of nitrogens with one attached hydrogen (secondary N) is 2. The Morgan fingerprint density at radius 2 is 1.90 bits per heavy atom. The number of amides is 2. The normalized spacial score (nSPS) is 10.0. The second kappa shape index (κ2) is 6.37. The molecule has 20 heavy (non-hydrogen) atoms. The van der Waals surface area contributed by atoms with Crippen LogP contribution in [0.5, 0.6) is 0 Å². The van der Waals surface area contributed by atoms with Crippen molar-refractivity contribution in [1.29, 1.82) is 0 Å². The summed E-state index contributed by atoms with van der Waals surface area (Å²) in [5.74, 6) is -0.504. The Bertz CT molecular complexity index is 595. The molecule has 104 valence electrons. The zero-order valence-corrected chi connectivity index (χ0v) is 10.5. The van der Waals surface area contributed by atoms with Crippen LogP contribution >= 0.6 is 0 Å². The molecule has 0 radical (unpaired) electrons. The van der Waals surface area contributed by atoms with Gasteiger partial charge in [0.1, 0.15) is 5.56 Å². The maximum Gasteiger partial charge on any atom is 0.287 e. The number of carbonyl (C=O) groups excluding carboxylic acids is 2. The van der Waals surface area contributed by atoms with Crippen LogP contribution in [0, 0.1) is 5.21 Å². The van der Waals surface area contributed by atoms with Gasteiger partial charge >= 0.3 is 0 Å². The molecule has 0 saturated heterocycles. The maximum atomic E-state index is 11.7. The van der Waals surface area contributed by atoms with E-state index >= 15 is 0 Å². The Morgan fingerprint density at radius 1 is 1.15 bits per heavy atom. The molecule has 0 aliphatic carbocycles. The number of hydrogen-bond acceptors (Lipinski definition) is 4. The van der Waals surface area contributed by atoms with E-state index in [0.29, 0.717) is 4.73 Å². The molecule has 7 nitrogen and oxygen atoms in total. The van der Waals surface area contributed by atoms with Crippen molar-refractivity contribution >= 4 is 11.8 Å². The molecule has 0 aliphatic heterocycles. The van der Waals surface area contributed by atoms with Crippen LogP contribution in [0.1, 0.15) is 20.9 Å². The Labute approximate surface area is 114 Å². The first-order chi connectivity index (χ1) is 9.66. The summed E-state index contributed by atoms with van der Waals surface area (Å²) in [7, 11) is 0. The van der Waals surface area contributed by atoms with E-state index in [0.717, 1.165) is 0 Å². The summed E-state index contributed by atoms with van der Waals surface area (Å²) in [6, 6.07) is 6.18. The third kappa shape index (κ3) is 3.58. The molecule has 0 spiro atoms. The van der Waals surface area contributed by atoms with Gasteiger partial charge in [-0.3, -0.25) is 9.59 Å². The number of carbonyl (C=O) groups is 2. The quantitative estimate of drug-likeness (QED) is 0.458. The molecule has 0 fully saturated rings. The average Bonchev–Trinajstić information content (AvgIpc) is 2.97. The zero-order chi connectivity index (χ0) is 14.4. The van der Waals surface area contributed by atoms with Crippen LogP contribution in [0.15, 0.2) is 47.3 Å². The van der Waals surface area contributed by atoms with E-state index in [1.807, 2.05) is 0 Å². The van der Waals surface area contributed by atoms with Crippen molar-refractivity contribution in [3.8, 4) is 0 Å². The molecule has 0 bridgehead atoms. The van der Waals surface area contributed by atoms with Gasteiger partial charge in [0, 0.05) is 19.2 Å². The van der Waals surface area contributed by atoms with Gasteiger partial charge in [0.15, 0.2) is 18.2 Å². The van der Waals surface area contributed by atoms with Crippen molar-refractivity contribution < 1.29 is 18.7 Å². The molecule has 0 atom stereocenters. The van der Waals surface area contributed by atoms with Crippen molar-refractivity contribution in [3.05, 3.63) is 59.5 Å². The third-order valence-corrected chi connectivity index (χ3v) is 2.48. The highest BCUT2D eigenvalue weighted by Crippen LogP contribution is 1.98. The van der Waals surface area contributed by atoms with E-state index in [1.165, 1.54) is 30.8 Å². The zero-order valence-electron chi connectivity index (χ0n) is 10.5. The van der Waals surface area contributed by atoms with Crippen LogP contribution in [-0.2, 0) is 0 Å². The van der Waals surface area contributed by atoms with Gasteiger partial charge in [-0.2, -0.15) is 4.73 Å². The summed E-state index contributed by atoms with van der Waals surface area (Å²) in [5, 5.41) is 16.2. The largest absolute Gasteiger partial charge is 0.619 e. The molecule has 0 saturated carbocycles. The van der Waals surface area contributed by atoms with Crippen LogP contribution < -0.4 is 15.4 Å². The lowest BCUT2D eigenvalue weighted by molar-refractivity contribution is -0.605. The fraction of sp³-hybridized carbons (Fsp3) is 0.154. The molecule has 0 unspecified atom stereocenters. The summed E-state index contributed by atoms with van der Waals surface area (Å²) in [6.07, 6.45) is 3.88. The van der Waals surface area contributed by atoms with E-state index in [1.54, 1.807) is 12.1 Å². The van der Waals surface area contributed by atoms with Gasteiger partial charge in [0.25, 0.3) is 11.8 Å². The molecular formula is C13H13N3O4. The smallest absolute Gasteiger partial charge is 0.287 e. The Balaban J connectivity index is 1.73. The minimum absolute atomic E-state index is 0.215. The van der Waals surface area contributed by atoms with E-state index in [-0.39, 0.29) is 36.2 Å². The predicted molar refractivity (Wildman–Crippen MR) is 68.8 cm³/mol. The monoisotopic (exact) mass is 275 g/mol. The third-order valence-electron chi connectivity index (χ3n) is 2.48. The minimum atomic E-state index is -0.373. The van der Waals surface area contributed by atoms with Crippen LogP contribution in [0.4, 0.5) is 0 Å². The van der Waals surface area contributed by atoms with E-state index < -0.39 is 0 Å². The molecular weight excluding hydrogens is 262 g/mol. The van der Waals surface area contributed by atoms with Crippen molar-refractivity contribution in [2.45, 2.75) is 0 Å². The average molecular weight is 275 g/mol. The molecule has 2 rings (SSSR count). The molecule has 0 aromatic carbocycles. The van der Waals surface area contributed by atoms with E-state index in [4.69, 9.17) is 4.42 Å². The second-order valence-electron chi connectivity index (χ2n) is 3.94. The summed E-state index contributed by atoms with van der Waals surface area (Å²) < 4.78 is 5.47. The lowest BCUT2D eigenvalue weighted by Gasteiger charge is -2.06. The number of rotatable bonds is 5. The standard InChI is InChI=1S/C13H13N3O4/c17-12(10-3-1-7-16(19)9-10)14-5-6-15-13(18)11-4-2-8-20-11/h1-4,7-9H,5-6H2,(H,14,17)(H,15,18). The van der Waals surface area contributed by atoms with Crippen LogP contribution in [0.3, 0.4) is 0 Å². The van der Waals surface area contributed by atoms with Crippen molar-refractivity contribution in [2.75, 3.05) is 13.1 Å². The number of pyridine rings is 1. The minimum Gasteiger partial charge on any atom is -0.619 e. The van der Waals surface area contributed by atoms with Crippen LogP contribution in [0.2, 0.25) is 0 Å². The predicted octanol–water partition coefficient (Wildman–Crippen LogP) is 0.0728. The van der Waals surface area contributed by atoms with Gasteiger partial charge in [-0.1, -0.05) is 0 Å². The molecule has 7 heteroatoms. The molecule has 2 heterocycles. The SMILES string of the molecule is O=C(NCCNC(=O)c1ccco1)c1ccc[n+]([O-])c1. The fourth-order valence-corrected chi connectivity index (χ4v) is 1.54. The summed E-state index contributed by atoms with van der Waals surface area (Å²) in [6.45, 7) is 0.508. The first kappa shape index (κ1) is 13.6. The second-order valence-corrected chi connectivity index (χ2v) is 3.94. The van der Waals surface area contributed by atoms with Gasteiger partial charge in [-0.05, 0) is 18.2 Å². The summed E-state index contributed by atoms with van der Waals surface area (Å²) in [5.41, 5.74) is 0.264. The number of aromatic nitrogens is 1. The van der Waals surface area contributed by atoms with Crippen molar-refractivity contribution in [3.63, 3.8) is 0 Å².